The van der Waals surface area contributed by atoms with Gasteiger partial charge in [-0.15, -0.1) is 11.8 Å². The van der Waals surface area contributed by atoms with Crippen LogP contribution in [0.25, 0.3) is 0 Å². The summed E-state index contributed by atoms with van der Waals surface area (Å²) in [6, 6.07) is 10.1. The predicted molar refractivity (Wildman–Crippen MR) is 99.9 cm³/mol. The Hall–Kier alpha value is -2.12. The lowest BCUT2D eigenvalue weighted by atomic mass is 10.2. The smallest absolute Gasteiger partial charge is 0.407 e. The molecule has 1 aliphatic heterocycles. The molecule has 2 aromatic heterocycles. The average Bonchev–Trinajstić information content (AvgIpc) is 2.63. The molecule has 0 atom stereocenters. The SMILES string of the molecule is Cc1ccc([N+]2(CCSc3ccccn3)CCN(C(=O)O)CC2)nc1. The van der Waals surface area contributed by atoms with Crippen molar-refractivity contribution in [1.29, 1.82) is 0 Å². The van der Waals surface area contributed by atoms with Crippen molar-refractivity contribution in [1.82, 2.24) is 19.4 Å². The number of rotatable bonds is 5. The van der Waals surface area contributed by atoms with Crippen LogP contribution in [0.4, 0.5) is 10.6 Å². The Morgan fingerprint density at radius 2 is 2.04 bits per heavy atom. The Balaban J connectivity index is 1.73. The lowest BCUT2D eigenvalue weighted by Crippen LogP contribution is -2.62. The number of carboxylic acid groups (broad SMARTS) is 1. The normalized spacial score (nSPS) is 16.6. The van der Waals surface area contributed by atoms with Gasteiger partial charge in [-0.3, -0.25) is 9.38 Å². The number of aryl methyl sites for hydroxylation is 1. The first kappa shape index (κ1) is 17.7. The van der Waals surface area contributed by atoms with Gasteiger partial charge in [0.25, 0.3) is 0 Å². The molecule has 3 heterocycles. The first-order valence-corrected chi connectivity index (χ1v) is 9.39. The maximum Gasteiger partial charge on any atom is 0.407 e. The molecule has 0 aromatic carbocycles. The molecule has 7 heteroatoms. The van der Waals surface area contributed by atoms with Gasteiger partial charge in [0.1, 0.15) is 13.1 Å². The fourth-order valence-electron chi connectivity index (χ4n) is 3.10. The third-order valence-electron chi connectivity index (χ3n) is 4.66. The van der Waals surface area contributed by atoms with E-state index in [1.165, 1.54) is 4.90 Å². The standard InChI is InChI=1S/C18H22N4O2S/c1-15-5-6-16(20-14-15)22(10-8-21(9-11-22)18(23)24)12-13-25-17-4-2-3-7-19-17/h2-7,14H,8-13H2,1H3/p+1. The monoisotopic (exact) mass is 359 g/mol. The maximum absolute atomic E-state index is 11.2. The molecular formula is C18H23N4O2S+. The van der Waals surface area contributed by atoms with Crippen LogP contribution in [-0.2, 0) is 0 Å². The lowest BCUT2D eigenvalue weighted by molar-refractivity contribution is 0.108. The summed E-state index contributed by atoms with van der Waals surface area (Å²) in [7, 11) is 0. The van der Waals surface area contributed by atoms with Gasteiger partial charge in [0, 0.05) is 24.2 Å². The van der Waals surface area contributed by atoms with Crippen LogP contribution in [0.2, 0.25) is 0 Å². The van der Waals surface area contributed by atoms with Gasteiger partial charge in [0.05, 0.1) is 24.7 Å². The maximum atomic E-state index is 11.2. The Morgan fingerprint density at radius 3 is 2.64 bits per heavy atom. The summed E-state index contributed by atoms with van der Waals surface area (Å²) in [5.41, 5.74) is 1.13. The van der Waals surface area contributed by atoms with E-state index < -0.39 is 6.09 Å². The Labute approximate surface area is 152 Å². The molecule has 0 unspecified atom stereocenters. The largest absolute Gasteiger partial charge is 0.465 e. The van der Waals surface area contributed by atoms with Crippen LogP contribution >= 0.6 is 11.8 Å². The van der Waals surface area contributed by atoms with E-state index in [9.17, 15) is 9.90 Å². The zero-order valence-corrected chi connectivity index (χ0v) is 15.2. The number of piperazine rings is 1. The molecule has 2 aromatic rings. The highest BCUT2D eigenvalue weighted by molar-refractivity contribution is 7.99. The van der Waals surface area contributed by atoms with Gasteiger partial charge in [-0.05, 0) is 24.6 Å². The third kappa shape index (κ3) is 4.29. The number of hydrogen-bond acceptors (Lipinski definition) is 4. The summed E-state index contributed by atoms with van der Waals surface area (Å²) < 4.78 is 0.726. The second-order valence-corrected chi connectivity index (χ2v) is 7.41. The van der Waals surface area contributed by atoms with Crippen LogP contribution in [0, 0.1) is 6.92 Å². The number of amides is 1. The first-order chi connectivity index (χ1) is 12.1. The second kappa shape index (κ2) is 7.84. The van der Waals surface area contributed by atoms with Crippen LogP contribution in [0.5, 0.6) is 0 Å². The van der Waals surface area contributed by atoms with Gasteiger partial charge in [-0.1, -0.05) is 12.1 Å². The van der Waals surface area contributed by atoms with Crippen molar-refractivity contribution in [2.75, 3.05) is 38.5 Å². The van der Waals surface area contributed by atoms with E-state index in [4.69, 9.17) is 0 Å². The molecular weight excluding hydrogens is 336 g/mol. The second-order valence-electron chi connectivity index (χ2n) is 6.30. The minimum atomic E-state index is -0.836. The van der Waals surface area contributed by atoms with Gasteiger partial charge < -0.3 is 5.11 Å². The zero-order chi connectivity index (χ0) is 17.7. The van der Waals surface area contributed by atoms with Crippen LogP contribution in [-0.4, -0.2) is 64.5 Å². The van der Waals surface area contributed by atoms with Crippen molar-refractivity contribution >= 4 is 23.7 Å². The fraction of sp³-hybridized carbons (Fsp3) is 0.389. The average molecular weight is 359 g/mol. The summed E-state index contributed by atoms with van der Waals surface area (Å²) in [6.45, 7) is 5.53. The third-order valence-corrected chi connectivity index (χ3v) is 5.58. The molecule has 1 saturated heterocycles. The van der Waals surface area contributed by atoms with E-state index in [0.717, 1.165) is 46.3 Å². The van der Waals surface area contributed by atoms with Crippen molar-refractivity contribution in [3.8, 4) is 0 Å². The Kier molecular flexibility index (Phi) is 5.55. The highest BCUT2D eigenvalue weighted by atomic mass is 32.2. The highest BCUT2D eigenvalue weighted by Gasteiger charge is 2.37. The minimum absolute atomic E-state index is 0.541. The molecule has 0 saturated carbocycles. The molecule has 132 valence electrons. The molecule has 0 bridgehead atoms. The molecule has 1 fully saturated rings. The van der Waals surface area contributed by atoms with Crippen molar-refractivity contribution < 1.29 is 9.90 Å². The van der Waals surface area contributed by atoms with Crippen LogP contribution in [0.1, 0.15) is 5.56 Å². The van der Waals surface area contributed by atoms with Gasteiger partial charge in [-0.25, -0.2) is 14.8 Å². The number of carbonyl (C=O) groups is 1. The number of aromatic nitrogens is 2. The van der Waals surface area contributed by atoms with E-state index in [-0.39, 0.29) is 0 Å². The first-order valence-electron chi connectivity index (χ1n) is 8.40. The summed E-state index contributed by atoms with van der Waals surface area (Å²) in [4.78, 5) is 21.7. The molecule has 0 radical (unpaired) electrons. The van der Waals surface area contributed by atoms with Crippen LogP contribution in [0.3, 0.4) is 0 Å². The topological polar surface area (TPSA) is 66.3 Å². The quantitative estimate of drug-likeness (QED) is 0.657. The summed E-state index contributed by atoms with van der Waals surface area (Å²) in [5, 5.41) is 10.2. The van der Waals surface area contributed by atoms with Crippen molar-refractivity contribution in [2.45, 2.75) is 11.9 Å². The number of quaternary nitrogens is 1. The molecule has 6 nitrogen and oxygen atoms in total. The highest BCUT2D eigenvalue weighted by Crippen LogP contribution is 2.26. The molecule has 0 aliphatic carbocycles. The van der Waals surface area contributed by atoms with Gasteiger partial charge in [0.2, 0.25) is 5.82 Å². The summed E-state index contributed by atoms with van der Waals surface area (Å²) >= 11 is 1.73. The number of nitrogens with zero attached hydrogens (tertiary/aromatic N) is 4. The summed E-state index contributed by atoms with van der Waals surface area (Å²) in [6.07, 6.45) is 2.86. The predicted octanol–water partition coefficient (Wildman–Crippen LogP) is 2.88. The van der Waals surface area contributed by atoms with E-state index in [1.54, 1.807) is 18.0 Å². The van der Waals surface area contributed by atoms with E-state index in [0.29, 0.717) is 13.1 Å². The van der Waals surface area contributed by atoms with Crippen molar-refractivity contribution in [3.63, 3.8) is 0 Å². The number of pyridine rings is 2. The van der Waals surface area contributed by atoms with Crippen molar-refractivity contribution in [2.24, 2.45) is 0 Å². The number of hydrogen-bond donors (Lipinski definition) is 1. The van der Waals surface area contributed by atoms with Crippen molar-refractivity contribution in [3.05, 3.63) is 48.3 Å². The summed E-state index contributed by atoms with van der Waals surface area (Å²) in [5.74, 6) is 1.94. The van der Waals surface area contributed by atoms with Gasteiger partial charge in [-0.2, -0.15) is 0 Å². The van der Waals surface area contributed by atoms with Crippen LogP contribution in [0.15, 0.2) is 47.8 Å². The Morgan fingerprint density at radius 1 is 1.24 bits per heavy atom. The van der Waals surface area contributed by atoms with E-state index in [1.807, 2.05) is 31.3 Å². The molecule has 1 amide bonds. The molecule has 1 N–H and O–H groups in total. The molecule has 25 heavy (non-hydrogen) atoms. The van der Waals surface area contributed by atoms with E-state index >= 15 is 0 Å². The minimum Gasteiger partial charge on any atom is -0.465 e. The lowest BCUT2D eigenvalue weighted by Gasteiger charge is -2.42. The number of thioether (sulfide) groups is 1. The fourth-order valence-corrected chi connectivity index (χ4v) is 4.06. The zero-order valence-electron chi connectivity index (χ0n) is 14.3. The van der Waals surface area contributed by atoms with Crippen LogP contribution < -0.4 is 4.48 Å². The Bertz CT molecular complexity index is 701. The molecule has 3 rings (SSSR count). The van der Waals surface area contributed by atoms with Gasteiger partial charge >= 0.3 is 6.09 Å². The van der Waals surface area contributed by atoms with E-state index in [2.05, 4.69) is 22.1 Å². The molecule has 0 spiro atoms. The molecule has 1 aliphatic rings. The van der Waals surface area contributed by atoms with Gasteiger partial charge in [0.15, 0.2) is 0 Å².